The SMILES string of the molecule is CCS(=O)(=O)NCCN(c1ccc2c(c1)OCO2)S(C)(=O)=O. The Bertz CT molecular complexity index is 745. The molecule has 1 aliphatic heterocycles. The summed E-state index contributed by atoms with van der Waals surface area (Å²) in [5.74, 6) is 0.944. The van der Waals surface area contributed by atoms with Gasteiger partial charge in [-0.2, -0.15) is 0 Å². The van der Waals surface area contributed by atoms with Gasteiger partial charge in [0.05, 0.1) is 17.7 Å². The average Bonchev–Trinajstić information content (AvgIpc) is 2.89. The Kier molecular flexibility index (Phi) is 4.83. The highest BCUT2D eigenvalue weighted by Crippen LogP contribution is 2.35. The Morgan fingerprint density at radius 3 is 2.50 bits per heavy atom. The monoisotopic (exact) mass is 350 g/mol. The first-order valence-electron chi connectivity index (χ1n) is 6.57. The predicted octanol–water partition coefficient (Wildman–Crippen LogP) is 0.121. The largest absolute Gasteiger partial charge is 0.454 e. The van der Waals surface area contributed by atoms with E-state index in [-0.39, 0.29) is 25.6 Å². The average molecular weight is 350 g/mol. The molecule has 0 saturated heterocycles. The van der Waals surface area contributed by atoms with Crippen molar-refractivity contribution in [3.05, 3.63) is 18.2 Å². The number of anilines is 1. The lowest BCUT2D eigenvalue weighted by atomic mass is 10.3. The van der Waals surface area contributed by atoms with Gasteiger partial charge in [0.25, 0.3) is 0 Å². The van der Waals surface area contributed by atoms with Gasteiger partial charge in [-0.1, -0.05) is 0 Å². The third-order valence-corrected chi connectivity index (χ3v) is 5.66. The molecule has 1 N–H and O–H groups in total. The second kappa shape index (κ2) is 6.31. The molecule has 0 amide bonds. The first-order chi connectivity index (χ1) is 10.2. The van der Waals surface area contributed by atoms with Crippen LogP contribution in [0.1, 0.15) is 6.92 Å². The van der Waals surface area contributed by atoms with Gasteiger partial charge in [0.2, 0.25) is 26.8 Å². The minimum absolute atomic E-state index is 0.0162. The second-order valence-electron chi connectivity index (χ2n) is 4.67. The number of nitrogens with one attached hydrogen (secondary N) is 1. The van der Waals surface area contributed by atoms with E-state index < -0.39 is 20.0 Å². The number of fused-ring (bicyclic) bond motifs is 1. The molecule has 8 nitrogen and oxygen atoms in total. The topological polar surface area (TPSA) is 102 Å². The lowest BCUT2D eigenvalue weighted by Crippen LogP contribution is -2.38. The number of hydrogen-bond acceptors (Lipinski definition) is 6. The zero-order chi connectivity index (χ0) is 16.4. The van der Waals surface area contributed by atoms with E-state index in [9.17, 15) is 16.8 Å². The molecular weight excluding hydrogens is 332 g/mol. The standard InChI is InChI=1S/C12H18N2O6S2/c1-3-22(17,18)13-6-7-14(21(2,15)16)10-4-5-11-12(8-10)20-9-19-11/h4-5,8,13H,3,6-7,9H2,1-2H3. The van der Waals surface area contributed by atoms with Gasteiger partial charge in [0, 0.05) is 19.2 Å². The first-order valence-corrected chi connectivity index (χ1v) is 10.1. The highest BCUT2D eigenvalue weighted by Gasteiger charge is 2.21. The molecule has 1 heterocycles. The van der Waals surface area contributed by atoms with Crippen LogP contribution in [0.3, 0.4) is 0 Å². The molecule has 1 aliphatic rings. The van der Waals surface area contributed by atoms with Gasteiger partial charge in [0.15, 0.2) is 11.5 Å². The Morgan fingerprint density at radius 1 is 1.18 bits per heavy atom. The van der Waals surface area contributed by atoms with Crippen molar-refractivity contribution in [2.24, 2.45) is 0 Å². The summed E-state index contributed by atoms with van der Waals surface area (Å²) >= 11 is 0. The molecule has 0 aliphatic carbocycles. The number of benzene rings is 1. The lowest BCUT2D eigenvalue weighted by Gasteiger charge is -2.22. The van der Waals surface area contributed by atoms with Crippen LogP contribution in [0.2, 0.25) is 0 Å². The molecule has 0 saturated carbocycles. The quantitative estimate of drug-likeness (QED) is 0.749. The van der Waals surface area contributed by atoms with Gasteiger partial charge >= 0.3 is 0 Å². The third-order valence-electron chi connectivity index (χ3n) is 3.06. The number of sulfonamides is 2. The van der Waals surface area contributed by atoms with Crippen molar-refractivity contribution in [2.45, 2.75) is 6.92 Å². The van der Waals surface area contributed by atoms with Crippen LogP contribution >= 0.6 is 0 Å². The van der Waals surface area contributed by atoms with Gasteiger partial charge in [-0.05, 0) is 19.1 Å². The molecule has 1 aromatic rings. The number of rotatable bonds is 7. The van der Waals surface area contributed by atoms with E-state index in [1.807, 2.05) is 0 Å². The zero-order valence-corrected chi connectivity index (χ0v) is 13.9. The van der Waals surface area contributed by atoms with Crippen LogP contribution in [-0.4, -0.2) is 48.7 Å². The Balaban J connectivity index is 2.17. The maximum atomic E-state index is 11.9. The van der Waals surface area contributed by atoms with E-state index in [0.717, 1.165) is 10.6 Å². The highest BCUT2D eigenvalue weighted by molar-refractivity contribution is 7.92. The smallest absolute Gasteiger partial charge is 0.232 e. The molecular formula is C12H18N2O6S2. The zero-order valence-electron chi connectivity index (χ0n) is 12.3. The molecule has 10 heteroatoms. The fourth-order valence-corrected chi connectivity index (χ4v) is 3.46. The van der Waals surface area contributed by atoms with Gasteiger partial charge in [0.1, 0.15) is 0 Å². The summed E-state index contributed by atoms with van der Waals surface area (Å²) in [6.45, 7) is 1.57. The normalized spacial score (nSPS) is 14.1. The van der Waals surface area contributed by atoms with Crippen LogP contribution < -0.4 is 18.5 Å². The minimum atomic E-state index is -3.56. The lowest BCUT2D eigenvalue weighted by molar-refractivity contribution is 0.174. The van der Waals surface area contributed by atoms with E-state index in [1.165, 1.54) is 6.92 Å². The van der Waals surface area contributed by atoms with Crippen LogP contribution in [0.4, 0.5) is 5.69 Å². The van der Waals surface area contributed by atoms with Crippen molar-refractivity contribution in [1.82, 2.24) is 4.72 Å². The number of nitrogens with zero attached hydrogens (tertiary/aromatic N) is 1. The van der Waals surface area contributed by atoms with Gasteiger partial charge < -0.3 is 9.47 Å². The van der Waals surface area contributed by atoms with Gasteiger partial charge in [-0.25, -0.2) is 21.6 Å². The summed E-state index contributed by atoms with van der Waals surface area (Å²) < 4.78 is 60.5. The second-order valence-corrected chi connectivity index (χ2v) is 8.67. The summed E-state index contributed by atoms with van der Waals surface area (Å²) in [5.41, 5.74) is 0.391. The summed E-state index contributed by atoms with van der Waals surface area (Å²) in [6, 6.07) is 4.76. The summed E-state index contributed by atoms with van der Waals surface area (Å²) in [7, 11) is -6.93. The fraction of sp³-hybridized carbons (Fsp3) is 0.500. The van der Waals surface area contributed by atoms with Gasteiger partial charge in [-0.15, -0.1) is 0 Å². The predicted molar refractivity (Wildman–Crippen MR) is 82.2 cm³/mol. The van der Waals surface area contributed by atoms with E-state index in [4.69, 9.17) is 9.47 Å². The molecule has 0 radical (unpaired) electrons. The van der Waals surface area contributed by atoms with E-state index in [2.05, 4.69) is 4.72 Å². The molecule has 0 spiro atoms. The van der Waals surface area contributed by atoms with Crippen LogP contribution in [0.5, 0.6) is 11.5 Å². The summed E-state index contributed by atoms with van der Waals surface area (Å²) in [6.07, 6.45) is 1.06. The van der Waals surface area contributed by atoms with Crippen LogP contribution in [0.25, 0.3) is 0 Å². The van der Waals surface area contributed by atoms with E-state index in [1.54, 1.807) is 18.2 Å². The molecule has 1 aromatic carbocycles. The van der Waals surface area contributed by atoms with Gasteiger partial charge in [-0.3, -0.25) is 4.31 Å². The molecule has 0 aromatic heterocycles. The Labute approximate surface area is 130 Å². The summed E-state index contributed by atoms with van der Waals surface area (Å²) in [4.78, 5) is 0. The van der Waals surface area contributed by atoms with Crippen molar-refractivity contribution in [1.29, 1.82) is 0 Å². The van der Waals surface area contributed by atoms with Crippen molar-refractivity contribution < 1.29 is 26.3 Å². The fourth-order valence-electron chi connectivity index (χ4n) is 1.93. The molecule has 0 fully saturated rings. The highest BCUT2D eigenvalue weighted by atomic mass is 32.2. The molecule has 0 atom stereocenters. The van der Waals surface area contributed by atoms with Crippen molar-refractivity contribution in [3.63, 3.8) is 0 Å². The molecule has 22 heavy (non-hydrogen) atoms. The Hall–Kier alpha value is -1.52. The molecule has 0 bridgehead atoms. The summed E-state index contributed by atoms with van der Waals surface area (Å²) in [5, 5.41) is 0. The van der Waals surface area contributed by atoms with Crippen molar-refractivity contribution in [2.75, 3.05) is 36.2 Å². The van der Waals surface area contributed by atoms with Crippen LogP contribution in [0.15, 0.2) is 18.2 Å². The molecule has 0 unspecified atom stereocenters. The maximum absolute atomic E-state index is 11.9. The number of ether oxygens (including phenoxy) is 2. The van der Waals surface area contributed by atoms with E-state index >= 15 is 0 Å². The van der Waals surface area contributed by atoms with Crippen LogP contribution in [0, 0.1) is 0 Å². The minimum Gasteiger partial charge on any atom is -0.454 e. The Morgan fingerprint density at radius 2 is 1.86 bits per heavy atom. The molecule has 124 valence electrons. The maximum Gasteiger partial charge on any atom is 0.232 e. The third kappa shape index (κ3) is 4.02. The first kappa shape index (κ1) is 16.8. The van der Waals surface area contributed by atoms with Crippen molar-refractivity contribution >= 4 is 25.7 Å². The van der Waals surface area contributed by atoms with E-state index in [0.29, 0.717) is 17.2 Å². The van der Waals surface area contributed by atoms with Crippen molar-refractivity contribution in [3.8, 4) is 11.5 Å². The van der Waals surface area contributed by atoms with Crippen LogP contribution in [-0.2, 0) is 20.0 Å². The molecule has 2 rings (SSSR count). The number of hydrogen-bond donors (Lipinski definition) is 1.